The first-order chi connectivity index (χ1) is 37.1. The predicted octanol–water partition coefficient (Wildman–Crippen LogP) is 20.1. The lowest BCUT2D eigenvalue weighted by molar-refractivity contribution is 0.430. The highest BCUT2D eigenvalue weighted by atomic mass is 32.2. The van der Waals surface area contributed by atoms with Gasteiger partial charge in [-0.15, -0.1) is 0 Å². The fourth-order valence-electron chi connectivity index (χ4n) is 14.2. The van der Waals surface area contributed by atoms with Gasteiger partial charge in [0.05, 0.1) is 5.41 Å². The number of rotatable bonds is 8. The second-order valence-electron chi connectivity index (χ2n) is 22.3. The number of hydrogen-bond donors (Lipinski definition) is 0. The van der Waals surface area contributed by atoms with Crippen molar-refractivity contribution in [2.75, 3.05) is 9.80 Å². The standard InChI is InChI=1S/C73H60N2S/c1-7-22-55-47(2)73(64-35-15-17-37-68(64)76-69-38-18-16-36-65(69)73)70-56(31-21-32-61(55)70)48-23-19-26-50(43-48)75(54-40-42-60-58-30-12-14-34-63(58)72(5,6)67(60)46-54)52-28-20-27-51(44-52)74(49-24-9-8-10-25-49)53-39-41-59-57-29-11-13-33-62(57)71(3,4)66(59)45-53/h7-35,37-46,65H,36H2,1-6H3/b22-7-. The van der Waals surface area contributed by atoms with Gasteiger partial charge >= 0.3 is 0 Å². The van der Waals surface area contributed by atoms with Crippen LogP contribution in [0.4, 0.5) is 34.1 Å². The van der Waals surface area contributed by atoms with Crippen LogP contribution in [0.1, 0.15) is 86.9 Å². The zero-order chi connectivity index (χ0) is 51.5. The molecule has 2 nitrogen and oxygen atoms in total. The van der Waals surface area contributed by atoms with Gasteiger partial charge in [-0.05, 0) is 181 Å². The predicted molar refractivity (Wildman–Crippen MR) is 322 cm³/mol. The molecule has 2 unspecified atom stereocenters. The van der Waals surface area contributed by atoms with Crippen LogP contribution in [-0.4, -0.2) is 0 Å². The average Bonchev–Trinajstić information content (AvgIpc) is 4.01. The summed E-state index contributed by atoms with van der Waals surface area (Å²) < 4.78 is 0. The Bertz CT molecular complexity index is 4000. The molecule has 0 fully saturated rings. The quantitative estimate of drug-likeness (QED) is 0.150. The maximum atomic E-state index is 2.50. The summed E-state index contributed by atoms with van der Waals surface area (Å²) in [5.41, 5.74) is 26.2. The average molecular weight is 997 g/mol. The molecule has 0 bridgehead atoms. The minimum Gasteiger partial charge on any atom is -0.310 e. The molecule has 0 radical (unpaired) electrons. The van der Waals surface area contributed by atoms with Crippen molar-refractivity contribution in [2.45, 2.75) is 69.1 Å². The van der Waals surface area contributed by atoms with Crippen molar-refractivity contribution in [1.82, 2.24) is 0 Å². The molecular weight excluding hydrogens is 937 g/mol. The summed E-state index contributed by atoms with van der Waals surface area (Å²) in [5, 5.41) is 0. The maximum Gasteiger partial charge on any atom is 0.0517 e. The number of benzene rings is 9. The topological polar surface area (TPSA) is 6.48 Å². The van der Waals surface area contributed by atoms with E-state index in [0.717, 1.165) is 40.5 Å². The largest absolute Gasteiger partial charge is 0.310 e. The molecule has 9 aromatic carbocycles. The number of para-hydroxylation sites is 1. The van der Waals surface area contributed by atoms with Gasteiger partial charge in [0, 0.05) is 55.8 Å². The lowest BCUT2D eigenvalue weighted by Gasteiger charge is -2.47. The van der Waals surface area contributed by atoms with Crippen LogP contribution in [0.15, 0.2) is 252 Å². The molecule has 1 spiro atoms. The van der Waals surface area contributed by atoms with E-state index in [9.17, 15) is 0 Å². The molecule has 9 aromatic rings. The summed E-state index contributed by atoms with van der Waals surface area (Å²) in [7, 11) is 0. The Morgan fingerprint density at radius 1 is 0.461 bits per heavy atom. The summed E-state index contributed by atoms with van der Waals surface area (Å²) in [5.74, 6) is 0.279. The molecule has 76 heavy (non-hydrogen) atoms. The number of anilines is 6. The molecule has 1 aliphatic heterocycles. The Kier molecular flexibility index (Phi) is 10.7. The van der Waals surface area contributed by atoms with E-state index in [1.165, 1.54) is 93.3 Å². The van der Waals surface area contributed by atoms with Crippen LogP contribution in [0.3, 0.4) is 0 Å². The van der Waals surface area contributed by atoms with Crippen molar-refractivity contribution < 1.29 is 0 Å². The first-order valence-electron chi connectivity index (χ1n) is 27.1. The van der Waals surface area contributed by atoms with Crippen LogP contribution in [0.5, 0.6) is 0 Å². The van der Waals surface area contributed by atoms with Gasteiger partial charge in [0.25, 0.3) is 0 Å². The zero-order valence-electron chi connectivity index (χ0n) is 44.1. The van der Waals surface area contributed by atoms with E-state index in [2.05, 4.69) is 288 Å². The van der Waals surface area contributed by atoms with Gasteiger partial charge in [0.1, 0.15) is 0 Å². The molecule has 0 saturated carbocycles. The van der Waals surface area contributed by atoms with Crippen LogP contribution in [0.25, 0.3) is 39.0 Å². The molecule has 5 aliphatic rings. The minimum absolute atomic E-state index is 0.137. The minimum atomic E-state index is -0.347. The molecule has 2 atom stereocenters. The van der Waals surface area contributed by atoms with Gasteiger partial charge < -0.3 is 9.80 Å². The van der Waals surface area contributed by atoms with Crippen LogP contribution in [0, 0.1) is 5.92 Å². The van der Waals surface area contributed by atoms with E-state index in [0.29, 0.717) is 0 Å². The maximum absolute atomic E-state index is 2.50. The molecule has 3 heteroatoms. The summed E-state index contributed by atoms with van der Waals surface area (Å²) in [6.45, 7) is 14.1. The first kappa shape index (κ1) is 46.4. The molecule has 14 rings (SSSR count). The fraction of sp³-hybridized carbons (Fsp3) is 0.151. The van der Waals surface area contributed by atoms with Crippen LogP contribution < -0.4 is 9.80 Å². The second kappa shape index (κ2) is 17.5. The van der Waals surface area contributed by atoms with E-state index >= 15 is 0 Å². The monoisotopic (exact) mass is 996 g/mol. The van der Waals surface area contributed by atoms with E-state index < -0.39 is 0 Å². The molecule has 1 heterocycles. The SMILES string of the molecule is C/C=C\C1=C(C)C2(c3ccccc3SC3=CC=CCC32)c2c1cccc2-c1cccc(N(c2cccc(N(c3ccccc3)c3ccc4c(c3)C(C)(C)c3ccccc3-4)c2)c2ccc3c(c2)C(C)(C)c2ccccc2-3)c1. The first-order valence-corrected chi connectivity index (χ1v) is 27.9. The third-order valence-corrected chi connectivity index (χ3v) is 18.9. The van der Waals surface area contributed by atoms with E-state index in [4.69, 9.17) is 0 Å². The number of thioether (sulfide) groups is 1. The van der Waals surface area contributed by atoms with Gasteiger partial charge in [0.15, 0.2) is 0 Å². The van der Waals surface area contributed by atoms with Gasteiger partial charge in [-0.1, -0.05) is 203 Å². The van der Waals surface area contributed by atoms with Crippen molar-refractivity contribution in [2.24, 2.45) is 5.92 Å². The smallest absolute Gasteiger partial charge is 0.0517 e. The Labute approximate surface area is 453 Å². The normalized spacial score (nSPS) is 18.6. The van der Waals surface area contributed by atoms with Crippen LogP contribution in [-0.2, 0) is 16.2 Å². The van der Waals surface area contributed by atoms with E-state index in [1.807, 2.05) is 11.8 Å². The molecule has 0 saturated heterocycles. The lowest BCUT2D eigenvalue weighted by atomic mass is 9.60. The van der Waals surface area contributed by atoms with E-state index in [-0.39, 0.29) is 22.2 Å². The van der Waals surface area contributed by atoms with Crippen molar-refractivity contribution in [1.29, 1.82) is 0 Å². The van der Waals surface area contributed by atoms with Gasteiger partial charge in [-0.25, -0.2) is 0 Å². The van der Waals surface area contributed by atoms with Crippen molar-refractivity contribution in [3.8, 4) is 33.4 Å². The Balaban J connectivity index is 0.966. The number of fused-ring (bicyclic) bond motifs is 12. The molecule has 0 aromatic heterocycles. The highest BCUT2D eigenvalue weighted by molar-refractivity contribution is 8.03. The number of allylic oxidation sites excluding steroid dienone is 8. The van der Waals surface area contributed by atoms with Crippen LogP contribution >= 0.6 is 11.8 Å². The third kappa shape index (κ3) is 6.74. The van der Waals surface area contributed by atoms with Gasteiger partial charge in [-0.3, -0.25) is 0 Å². The van der Waals surface area contributed by atoms with Gasteiger partial charge in [0.2, 0.25) is 0 Å². The third-order valence-electron chi connectivity index (χ3n) is 17.7. The summed E-state index contributed by atoms with van der Waals surface area (Å²) in [6, 6.07) is 77.9. The highest BCUT2D eigenvalue weighted by Crippen LogP contribution is 2.66. The molecule has 368 valence electrons. The molecule has 0 amide bonds. The number of nitrogens with zero attached hydrogens (tertiary/aromatic N) is 2. The Hall–Kier alpha value is -8.11. The van der Waals surface area contributed by atoms with Crippen molar-refractivity contribution >= 4 is 51.5 Å². The number of hydrogen-bond acceptors (Lipinski definition) is 3. The zero-order valence-corrected chi connectivity index (χ0v) is 44.9. The fourth-order valence-corrected chi connectivity index (χ4v) is 15.5. The van der Waals surface area contributed by atoms with Crippen LogP contribution in [0.2, 0.25) is 0 Å². The summed E-state index contributed by atoms with van der Waals surface area (Å²) in [4.78, 5) is 7.74. The lowest BCUT2D eigenvalue weighted by Crippen LogP contribution is -2.40. The van der Waals surface area contributed by atoms with Crippen molar-refractivity contribution in [3.05, 3.63) is 286 Å². The Morgan fingerprint density at radius 2 is 0.961 bits per heavy atom. The highest BCUT2D eigenvalue weighted by Gasteiger charge is 2.55. The van der Waals surface area contributed by atoms with Crippen molar-refractivity contribution in [3.63, 3.8) is 0 Å². The summed E-state index contributed by atoms with van der Waals surface area (Å²) >= 11 is 1.96. The molecule has 0 N–H and O–H groups in total. The molecule has 4 aliphatic carbocycles. The van der Waals surface area contributed by atoms with Gasteiger partial charge in [-0.2, -0.15) is 0 Å². The summed E-state index contributed by atoms with van der Waals surface area (Å²) in [6.07, 6.45) is 12.6. The molecular formula is C73H60N2S. The Morgan fingerprint density at radius 3 is 1.62 bits per heavy atom. The second-order valence-corrected chi connectivity index (χ2v) is 23.5. The van der Waals surface area contributed by atoms with E-state index in [1.54, 1.807) is 0 Å².